The van der Waals surface area contributed by atoms with Crippen LogP contribution in [-0.2, 0) is 14.3 Å². The Hall–Kier alpha value is -2.22. The molecule has 112 valence electrons. The zero-order valence-corrected chi connectivity index (χ0v) is 12.6. The van der Waals surface area contributed by atoms with Crippen LogP contribution in [0.15, 0.2) is 21.5 Å². The van der Waals surface area contributed by atoms with Crippen LogP contribution in [-0.4, -0.2) is 49.8 Å². The normalized spacial score (nSPS) is 16.7. The number of amides is 2. The minimum absolute atomic E-state index is 0.212. The summed E-state index contributed by atoms with van der Waals surface area (Å²) in [5.74, 6) is -0.0815. The van der Waals surface area contributed by atoms with E-state index in [1.807, 2.05) is 14.1 Å². The Balaban J connectivity index is 2.17. The van der Waals surface area contributed by atoms with Gasteiger partial charge in [0.25, 0.3) is 11.1 Å². The quantitative estimate of drug-likeness (QED) is 0.616. The first-order valence-corrected chi connectivity index (χ1v) is 6.83. The molecule has 0 saturated carbocycles. The molecule has 0 aliphatic carbocycles. The van der Waals surface area contributed by atoms with Crippen LogP contribution in [0.1, 0.15) is 5.76 Å². The van der Waals surface area contributed by atoms with Crippen molar-refractivity contribution in [3.05, 3.63) is 22.8 Å². The molecule has 1 fully saturated rings. The van der Waals surface area contributed by atoms with Crippen molar-refractivity contribution >= 4 is 40.8 Å². The molecule has 0 aromatic carbocycles. The number of esters is 1. The number of methoxy groups -OCH3 is 1. The van der Waals surface area contributed by atoms with Gasteiger partial charge in [-0.25, -0.2) is 0 Å². The number of hydrogen-bond donors (Lipinski definition) is 0. The van der Waals surface area contributed by atoms with Gasteiger partial charge in [0.05, 0.1) is 12.0 Å². The van der Waals surface area contributed by atoms with Crippen LogP contribution < -0.4 is 4.90 Å². The van der Waals surface area contributed by atoms with Gasteiger partial charge in [0.1, 0.15) is 12.3 Å². The molecular weight excluding hydrogens is 296 g/mol. The fourth-order valence-corrected chi connectivity index (χ4v) is 2.44. The first-order chi connectivity index (χ1) is 9.92. The number of rotatable bonds is 4. The van der Waals surface area contributed by atoms with Gasteiger partial charge in [0.2, 0.25) is 0 Å². The molecule has 1 aromatic heterocycles. The Labute approximate surface area is 125 Å². The molecular formula is C13H14N2O5S. The SMILES string of the molecule is COC(=O)CN1C(=O)S/C(=C\c2ccc(N(C)C)o2)C1=O. The van der Waals surface area contributed by atoms with Crippen LogP contribution >= 0.6 is 11.8 Å². The van der Waals surface area contributed by atoms with E-state index in [0.717, 1.165) is 16.7 Å². The summed E-state index contributed by atoms with van der Waals surface area (Å²) in [5.41, 5.74) is 0. The number of carbonyl (C=O) groups excluding carboxylic acids is 3. The molecule has 0 unspecified atom stereocenters. The average Bonchev–Trinajstić information content (AvgIpc) is 3.00. The van der Waals surface area contributed by atoms with E-state index in [0.29, 0.717) is 11.6 Å². The van der Waals surface area contributed by atoms with Crippen LogP contribution in [0.3, 0.4) is 0 Å². The first kappa shape index (κ1) is 15.2. The van der Waals surface area contributed by atoms with E-state index in [2.05, 4.69) is 4.74 Å². The minimum atomic E-state index is -0.647. The van der Waals surface area contributed by atoms with E-state index in [-0.39, 0.29) is 11.4 Å². The molecule has 0 N–H and O–H groups in total. The average molecular weight is 310 g/mol. The third kappa shape index (κ3) is 3.27. The molecule has 1 saturated heterocycles. The summed E-state index contributed by atoms with van der Waals surface area (Å²) in [6.45, 7) is -0.389. The fraction of sp³-hybridized carbons (Fsp3) is 0.308. The number of carbonyl (C=O) groups is 3. The summed E-state index contributed by atoms with van der Waals surface area (Å²) in [6, 6.07) is 3.45. The Kier molecular flexibility index (Phi) is 4.37. The van der Waals surface area contributed by atoms with E-state index in [9.17, 15) is 14.4 Å². The lowest BCUT2D eigenvalue weighted by Crippen LogP contribution is -2.34. The second kappa shape index (κ2) is 6.04. The van der Waals surface area contributed by atoms with Crippen molar-refractivity contribution in [1.82, 2.24) is 4.90 Å². The lowest BCUT2D eigenvalue weighted by atomic mass is 10.3. The molecule has 21 heavy (non-hydrogen) atoms. The largest absolute Gasteiger partial charge is 0.468 e. The number of nitrogens with zero attached hydrogens (tertiary/aromatic N) is 2. The van der Waals surface area contributed by atoms with Crippen molar-refractivity contribution in [3.63, 3.8) is 0 Å². The Morgan fingerprint density at radius 2 is 2.14 bits per heavy atom. The number of anilines is 1. The van der Waals surface area contributed by atoms with Gasteiger partial charge < -0.3 is 14.1 Å². The monoisotopic (exact) mass is 310 g/mol. The summed E-state index contributed by atoms with van der Waals surface area (Å²) in [7, 11) is 4.85. The van der Waals surface area contributed by atoms with Gasteiger partial charge in [-0.3, -0.25) is 19.3 Å². The van der Waals surface area contributed by atoms with Crippen molar-refractivity contribution < 1.29 is 23.5 Å². The highest BCUT2D eigenvalue weighted by atomic mass is 32.2. The summed E-state index contributed by atoms with van der Waals surface area (Å²) >= 11 is 0.764. The third-order valence-electron chi connectivity index (χ3n) is 2.72. The number of ether oxygens (including phenoxy) is 1. The molecule has 0 bridgehead atoms. The molecule has 1 aliphatic rings. The van der Waals surface area contributed by atoms with E-state index >= 15 is 0 Å². The molecule has 2 amide bonds. The highest BCUT2D eigenvalue weighted by molar-refractivity contribution is 8.18. The van der Waals surface area contributed by atoms with Gasteiger partial charge in [-0.05, 0) is 17.8 Å². The maximum absolute atomic E-state index is 12.1. The number of thioether (sulfide) groups is 1. The Morgan fingerprint density at radius 3 is 2.71 bits per heavy atom. The molecule has 7 nitrogen and oxygen atoms in total. The number of imide groups is 1. The van der Waals surface area contributed by atoms with Crippen molar-refractivity contribution in [2.75, 3.05) is 32.6 Å². The van der Waals surface area contributed by atoms with E-state index in [1.54, 1.807) is 17.0 Å². The zero-order chi connectivity index (χ0) is 15.6. The van der Waals surface area contributed by atoms with Gasteiger partial charge in [-0.1, -0.05) is 0 Å². The van der Waals surface area contributed by atoms with E-state index < -0.39 is 17.1 Å². The van der Waals surface area contributed by atoms with E-state index in [4.69, 9.17) is 4.42 Å². The van der Waals surface area contributed by atoms with E-state index in [1.165, 1.54) is 13.2 Å². The molecule has 1 aliphatic heterocycles. The zero-order valence-electron chi connectivity index (χ0n) is 11.8. The molecule has 0 spiro atoms. The predicted octanol–water partition coefficient (Wildman–Crippen LogP) is 1.55. The second-order valence-electron chi connectivity index (χ2n) is 4.41. The molecule has 2 rings (SSSR count). The summed E-state index contributed by atoms with van der Waals surface area (Å²) < 4.78 is 9.94. The molecule has 0 atom stereocenters. The van der Waals surface area contributed by atoms with Gasteiger partial charge >= 0.3 is 5.97 Å². The fourth-order valence-electron chi connectivity index (χ4n) is 1.62. The molecule has 0 radical (unpaired) electrons. The minimum Gasteiger partial charge on any atom is -0.468 e. The van der Waals surface area contributed by atoms with Gasteiger partial charge in [-0.2, -0.15) is 0 Å². The van der Waals surface area contributed by atoms with Crippen molar-refractivity contribution in [1.29, 1.82) is 0 Å². The van der Waals surface area contributed by atoms with Gasteiger partial charge in [-0.15, -0.1) is 0 Å². The second-order valence-corrected chi connectivity index (χ2v) is 5.41. The van der Waals surface area contributed by atoms with Crippen molar-refractivity contribution in [2.45, 2.75) is 0 Å². The molecule has 2 heterocycles. The topological polar surface area (TPSA) is 80.1 Å². The number of furan rings is 1. The Bertz CT molecular complexity index is 620. The standard InChI is InChI=1S/C13H14N2O5S/c1-14(2)10-5-4-8(20-10)6-9-12(17)15(13(18)21-9)7-11(16)19-3/h4-6H,7H2,1-3H3/b9-6-. The van der Waals surface area contributed by atoms with Crippen LogP contribution in [0, 0.1) is 0 Å². The predicted molar refractivity (Wildman–Crippen MR) is 77.7 cm³/mol. The van der Waals surface area contributed by atoms with Gasteiger partial charge in [0.15, 0.2) is 5.88 Å². The van der Waals surface area contributed by atoms with Crippen LogP contribution in [0.25, 0.3) is 6.08 Å². The first-order valence-electron chi connectivity index (χ1n) is 6.01. The highest BCUT2D eigenvalue weighted by Gasteiger charge is 2.36. The summed E-state index contributed by atoms with van der Waals surface area (Å²) in [6.07, 6.45) is 1.48. The smallest absolute Gasteiger partial charge is 0.325 e. The summed E-state index contributed by atoms with van der Waals surface area (Å²) in [5, 5.41) is -0.504. The van der Waals surface area contributed by atoms with Crippen LogP contribution in [0.2, 0.25) is 0 Å². The molecule has 8 heteroatoms. The maximum Gasteiger partial charge on any atom is 0.325 e. The maximum atomic E-state index is 12.1. The van der Waals surface area contributed by atoms with Crippen LogP contribution in [0.4, 0.5) is 10.7 Å². The van der Waals surface area contributed by atoms with Crippen molar-refractivity contribution in [2.24, 2.45) is 0 Å². The Morgan fingerprint density at radius 1 is 1.43 bits per heavy atom. The van der Waals surface area contributed by atoms with Gasteiger partial charge in [0, 0.05) is 26.2 Å². The molecule has 1 aromatic rings. The van der Waals surface area contributed by atoms with Crippen molar-refractivity contribution in [3.8, 4) is 0 Å². The lowest BCUT2D eigenvalue weighted by molar-refractivity contribution is -0.143. The lowest BCUT2D eigenvalue weighted by Gasteiger charge is -2.09. The summed E-state index contributed by atoms with van der Waals surface area (Å²) in [4.78, 5) is 37.8. The number of hydrogen-bond acceptors (Lipinski definition) is 7. The van der Waals surface area contributed by atoms with Crippen LogP contribution in [0.5, 0.6) is 0 Å². The highest BCUT2D eigenvalue weighted by Crippen LogP contribution is 2.32. The third-order valence-corrected chi connectivity index (χ3v) is 3.62.